The van der Waals surface area contributed by atoms with Crippen LogP contribution in [0, 0.1) is 5.92 Å². The highest BCUT2D eigenvalue weighted by Crippen LogP contribution is 2.24. The predicted molar refractivity (Wildman–Crippen MR) is 94.5 cm³/mol. The number of carbonyl (C=O) groups is 1. The molecule has 1 fully saturated rings. The van der Waals surface area contributed by atoms with Crippen molar-refractivity contribution in [2.45, 2.75) is 12.7 Å². The molecule has 5 nitrogen and oxygen atoms in total. The Morgan fingerprint density at radius 2 is 1.92 bits per heavy atom. The number of methoxy groups -OCH3 is 1. The summed E-state index contributed by atoms with van der Waals surface area (Å²) in [5.41, 5.74) is 1.93. The lowest BCUT2D eigenvalue weighted by Gasteiger charge is -2.38. The summed E-state index contributed by atoms with van der Waals surface area (Å²) < 4.78 is 5.10. The van der Waals surface area contributed by atoms with Gasteiger partial charge in [0.15, 0.2) is 0 Å². The van der Waals surface area contributed by atoms with Gasteiger partial charge in [0.05, 0.1) is 25.7 Å². The number of rotatable bonds is 7. The van der Waals surface area contributed by atoms with Crippen LogP contribution in [0.25, 0.3) is 6.08 Å². The fourth-order valence-corrected chi connectivity index (χ4v) is 2.57. The first kappa shape index (κ1) is 17.2. The molecule has 5 heteroatoms. The summed E-state index contributed by atoms with van der Waals surface area (Å²) in [6.07, 6.45) is 2.66. The third kappa shape index (κ3) is 4.26. The Balaban J connectivity index is 1.46. The molecule has 1 N–H and O–H groups in total. The molecule has 1 aliphatic rings. The summed E-state index contributed by atoms with van der Waals surface area (Å²) in [7, 11) is 1.61. The number of amides is 1. The zero-order valence-corrected chi connectivity index (χ0v) is 14.0. The van der Waals surface area contributed by atoms with Gasteiger partial charge in [0, 0.05) is 0 Å². The average Bonchev–Trinajstić information content (AvgIpc) is 2.66. The molecule has 1 amide bonds. The molecule has 3 rings (SSSR count). The lowest BCUT2D eigenvalue weighted by Crippen LogP contribution is -2.56. The molecule has 0 unspecified atom stereocenters. The second-order valence-electron chi connectivity index (χ2n) is 5.89. The van der Waals surface area contributed by atoms with E-state index in [1.165, 1.54) is 5.06 Å². The zero-order valence-electron chi connectivity index (χ0n) is 14.0. The molecule has 130 valence electrons. The Hall–Kier alpha value is -2.63. The van der Waals surface area contributed by atoms with Crippen LogP contribution in [0.1, 0.15) is 11.1 Å². The van der Waals surface area contributed by atoms with Gasteiger partial charge in [-0.2, -0.15) is 0 Å². The molecule has 0 radical (unpaired) electrons. The molecule has 0 saturated carbocycles. The SMILES string of the molecule is COc1ccc(CON2C[C@@H]([C@H](O)/C=C/c3ccccc3)C2=O)cc1. The number of aliphatic hydroxyl groups excluding tert-OH is 1. The van der Waals surface area contributed by atoms with Crippen LogP contribution in [0.2, 0.25) is 0 Å². The Bertz CT molecular complexity index is 727. The highest BCUT2D eigenvalue weighted by atomic mass is 16.7. The average molecular weight is 339 g/mol. The fraction of sp³-hybridized carbons (Fsp3) is 0.250. The summed E-state index contributed by atoms with van der Waals surface area (Å²) in [5, 5.41) is 11.5. The van der Waals surface area contributed by atoms with E-state index in [-0.39, 0.29) is 5.91 Å². The Labute approximate surface area is 147 Å². The minimum atomic E-state index is -0.812. The van der Waals surface area contributed by atoms with Crippen molar-refractivity contribution >= 4 is 12.0 Å². The van der Waals surface area contributed by atoms with E-state index in [1.807, 2.05) is 60.7 Å². The lowest BCUT2D eigenvalue weighted by molar-refractivity contribution is -0.231. The molecular weight excluding hydrogens is 318 g/mol. The maximum Gasteiger partial charge on any atom is 0.254 e. The third-order valence-electron chi connectivity index (χ3n) is 4.17. The number of hydrogen-bond acceptors (Lipinski definition) is 4. The molecule has 1 heterocycles. The van der Waals surface area contributed by atoms with Gasteiger partial charge in [0.25, 0.3) is 5.91 Å². The first-order valence-corrected chi connectivity index (χ1v) is 8.16. The zero-order chi connectivity index (χ0) is 17.6. The van der Waals surface area contributed by atoms with Gasteiger partial charge >= 0.3 is 0 Å². The lowest BCUT2D eigenvalue weighted by atomic mass is 9.94. The predicted octanol–water partition coefficient (Wildman–Crippen LogP) is 2.66. The molecule has 2 aromatic carbocycles. The number of β-lactam (4-membered cyclic amide) rings is 1. The van der Waals surface area contributed by atoms with Crippen LogP contribution in [-0.4, -0.2) is 35.8 Å². The van der Waals surface area contributed by atoms with Crippen molar-refractivity contribution in [3.8, 4) is 5.75 Å². The second kappa shape index (κ2) is 7.96. The first-order valence-electron chi connectivity index (χ1n) is 8.16. The number of benzene rings is 2. The number of ether oxygens (including phenoxy) is 1. The van der Waals surface area contributed by atoms with Gasteiger partial charge in [-0.25, -0.2) is 5.06 Å². The molecule has 0 bridgehead atoms. The van der Waals surface area contributed by atoms with E-state index in [4.69, 9.17) is 9.57 Å². The third-order valence-corrected chi connectivity index (χ3v) is 4.17. The maximum atomic E-state index is 12.1. The molecular formula is C20H21NO4. The van der Waals surface area contributed by atoms with E-state index >= 15 is 0 Å². The summed E-state index contributed by atoms with van der Waals surface area (Å²) >= 11 is 0. The summed E-state index contributed by atoms with van der Waals surface area (Å²) in [4.78, 5) is 17.6. The molecule has 2 atom stereocenters. The highest BCUT2D eigenvalue weighted by Gasteiger charge is 2.41. The molecule has 1 saturated heterocycles. The van der Waals surface area contributed by atoms with E-state index in [0.29, 0.717) is 13.2 Å². The maximum absolute atomic E-state index is 12.1. The number of carbonyl (C=O) groups excluding carboxylic acids is 1. The van der Waals surface area contributed by atoms with Crippen LogP contribution in [0.4, 0.5) is 0 Å². The quantitative estimate of drug-likeness (QED) is 0.788. The van der Waals surface area contributed by atoms with Gasteiger partial charge in [-0.3, -0.25) is 9.63 Å². The second-order valence-corrected chi connectivity index (χ2v) is 5.89. The number of hydroxylamine groups is 2. The largest absolute Gasteiger partial charge is 0.497 e. The van der Waals surface area contributed by atoms with E-state index < -0.39 is 12.0 Å². The molecule has 1 aliphatic heterocycles. The van der Waals surface area contributed by atoms with Gasteiger partial charge in [-0.15, -0.1) is 0 Å². The first-order chi connectivity index (χ1) is 12.2. The minimum absolute atomic E-state index is 0.196. The normalized spacial score (nSPS) is 18.2. The van der Waals surface area contributed by atoms with Crippen LogP contribution < -0.4 is 4.74 Å². The molecule has 2 aromatic rings. The molecule has 25 heavy (non-hydrogen) atoms. The van der Waals surface area contributed by atoms with Crippen molar-refractivity contribution in [1.29, 1.82) is 0 Å². The Kier molecular flexibility index (Phi) is 5.48. The summed E-state index contributed by atoms with van der Waals surface area (Å²) in [6, 6.07) is 17.1. The van der Waals surface area contributed by atoms with Crippen LogP contribution in [0.15, 0.2) is 60.7 Å². The van der Waals surface area contributed by atoms with Crippen molar-refractivity contribution in [2.75, 3.05) is 13.7 Å². The van der Waals surface area contributed by atoms with Crippen LogP contribution in [0.3, 0.4) is 0 Å². The van der Waals surface area contributed by atoms with Gasteiger partial charge in [-0.1, -0.05) is 54.6 Å². The van der Waals surface area contributed by atoms with E-state index in [0.717, 1.165) is 16.9 Å². The van der Waals surface area contributed by atoms with Gasteiger partial charge < -0.3 is 9.84 Å². The van der Waals surface area contributed by atoms with Gasteiger partial charge in [-0.05, 0) is 23.3 Å². The van der Waals surface area contributed by atoms with E-state index in [2.05, 4.69) is 0 Å². The molecule has 0 aromatic heterocycles. The van der Waals surface area contributed by atoms with E-state index in [9.17, 15) is 9.90 Å². The van der Waals surface area contributed by atoms with Crippen molar-refractivity contribution < 1.29 is 19.5 Å². The number of aliphatic hydroxyl groups is 1. The van der Waals surface area contributed by atoms with Crippen molar-refractivity contribution in [2.24, 2.45) is 5.92 Å². The van der Waals surface area contributed by atoms with Gasteiger partial charge in [0.2, 0.25) is 0 Å². The van der Waals surface area contributed by atoms with Gasteiger partial charge in [0.1, 0.15) is 12.4 Å². The summed E-state index contributed by atoms with van der Waals surface area (Å²) in [6.45, 7) is 0.688. The number of hydrogen-bond donors (Lipinski definition) is 1. The van der Waals surface area contributed by atoms with Crippen LogP contribution >= 0.6 is 0 Å². The highest BCUT2D eigenvalue weighted by molar-refractivity contribution is 5.84. The smallest absolute Gasteiger partial charge is 0.254 e. The number of nitrogens with zero attached hydrogens (tertiary/aromatic N) is 1. The van der Waals surface area contributed by atoms with Crippen LogP contribution in [0.5, 0.6) is 5.75 Å². The van der Waals surface area contributed by atoms with E-state index in [1.54, 1.807) is 13.2 Å². The summed E-state index contributed by atoms with van der Waals surface area (Å²) in [5.74, 6) is 0.131. The standard InChI is InChI=1S/C20H21NO4/c1-24-17-10-7-16(8-11-17)14-25-21-13-18(20(21)23)19(22)12-9-15-5-3-2-4-6-15/h2-12,18-19,22H,13-14H2,1H3/b12-9+/t18-,19+/m0/s1. The Morgan fingerprint density at radius 3 is 2.56 bits per heavy atom. The Morgan fingerprint density at radius 1 is 1.20 bits per heavy atom. The topological polar surface area (TPSA) is 59.0 Å². The molecule has 0 aliphatic carbocycles. The fourth-order valence-electron chi connectivity index (χ4n) is 2.57. The van der Waals surface area contributed by atoms with Crippen molar-refractivity contribution in [3.63, 3.8) is 0 Å². The molecule has 0 spiro atoms. The van der Waals surface area contributed by atoms with Crippen molar-refractivity contribution in [3.05, 3.63) is 71.8 Å². The monoisotopic (exact) mass is 339 g/mol. The van der Waals surface area contributed by atoms with Crippen LogP contribution in [-0.2, 0) is 16.2 Å². The van der Waals surface area contributed by atoms with Crippen molar-refractivity contribution in [1.82, 2.24) is 5.06 Å². The minimum Gasteiger partial charge on any atom is -0.497 e.